The van der Waals surface area contributed by atoms with E-state index in [9.17, 15) is 13.2 Å². The average molecular weight is 422 g/mol. The summed E-state index contributed by atoms with van der Waals surface area (Å²) in [5, 5.41) is 0. The lowest BCUT2D eigenvalue weighted by molar-refractivity contribution is -0.133. The summed E-state index contributed by atoms with van der Waals surface area (Å²) in [6, 6.07) is 7.54. The molecular formula is C22H35N3O3S. The minimum absolute atomic E-state index is 0.216. The van der Waals surface area contributed by atoms with Crippen LogP contribution in [-0.2, 0) is 21.2 Å². The molecule has 29 heavy (non-hydrogen) atoms. The van der Waals surface area contributed by atoms with Gasteiger partial charge in [-0.2, -0.15) is 4.31 Å². The molecule has 2 saturated heterocycles. The van der Waals surface area contributed by atoms with E-state index in [1.54, 1.807) is 12.1 Å². The van der Waals surface area contributed by atoms with Gasteiger partial charge < -0.3 is 4.90 Å². The lowest BCUT2D eigenvalue weighted by Gasteiger charge is -2.37. The minimum atomic E-state index is -3.43. The van der Waals surface area contributed by atoms with Crippen LogP contribution in [-0.4, -0.2) is 73.7 Å². The molecule has 0 aromatic heterocycles. The van der Waals surface area contributed by atoms with E-state index in [4.69, 9.17) is 0 Å². The number of sulfonamides is 1. The highest BCUT2D eigenvalue weighted by Gasteiger charge is 2.29. The number of benzene rings is 1. The molecule has 0 aliphatic carbocycles. The second-order valence-corrected chi connectivity index (χ2v) is 10.1. The van der Waals surface area contributed by atoms with Gasteiger partial charge in [0.2, 0.25) is 15.9 Å². The molecule has 0 spiro atoms. The van der Waals surface area contributed by atoms with Crippen molar-refractivity contribution >= 4 is 15.9 Å². The largest absolute Gasteiger partial charge is 0.341 e. The van der Waals surface area contributed by atoms with Crippen molar-refractivity contribution in [2.45, 2.75) is 63.3 Å². The first-order chi connectivity index (χ1) is 14.0. The van der Waals surface area contributed by atoms with E-state index >= 15 is 0 Å². The second-order valence-electron chi connectivity index (χ2n) is 8.11. The van der Waals surface area contributed by atoms with Gasteiger partial charge in [0.25, 0.3) is 0 Å². The van der Waals surface area contributed by atoms with Gasteiger partial charge in [-0.3, -0.25) is 9.69 Å². The predicted molar refractivity (Wildman–Crippen MR) is 115 cm³/mol. The Balaban J connectivity index is 1.53. The molecule has 2 aliphatic heterocycles. The third-order valence-electron chi connectivity index (χ3n) is 6.30. The zero-order valence-electron chi connectivity index (χ0n) is 17.8. The number of hydrogen-bond acceptors (Lipinski definition) is 4. The molecule has 1 unspecified atom stereocenters. The van der Waals surface area contributed by atoms with Gasteiger partial charge in [0.1, 0.15) is 0 Å². The van der Waals surface area contributed by atoms with Crippen molar-refractivity contribution < 1.29 is 13.2 Å². The molecule has 0 bridgehead atoms. The number of nitrogens with zero attached hydrogens (tertiary/aromatic N) is 3. The number of piperidine rings is 1. The van der Waals surface area contributed by atoms with E-state index in [1.807, 2.05) is 30.9 Å². The van der Waals surface area contributed by atoms with E-state index in [-0.39, 0.29) is 5.91 Å². The summed E-state index contributed by atoms with van der Waals surface area (Å²) >= 11 is 0. The molecule has 6 nitrogen and oxygen atoms in total. The Morgan fingerprint density at radius 3 is 2.31 bits per heavy atom. The maximum absolute atomic E-state index is 12.7. The van der Waals surface area contributed by atoms with Crippen molar-refractivity contribution in [2.24, 2.45) is 0 Å². The fourth-order valence-electron chi connectivity index (χ4n) is 4.54. The Kier molecular flexibility index (Phi) is 7.71. The average Bonchev–Trinajstić information content (AvgIpc) is 3.28. The normalized spacial score (nSPS) is 21.1. The molecule has 1 amide bonds. The monoisotopic (exact) mass is 421 g/mol. The molecule has 0 radical (unpaired) electrons. The lowest BCUT2D eigenvalue weighted by atomic mass is 10.0. The number of carbonyl (C=O) groups excluding carboxylic acids is 1. The third-order valence-corrected chi connectivity index (χ3v) is 8.36. The molecule has 2 heterocycles. The molecule has 0 N–H and O–H groups in total. The van der Waals surface area contributed by atoms with Crippen molar-refractivity contribution in [3.63, 3.8) is 0 Å². The first-order valence-corrected chi connectivity index (χ1v) is 12.5. The Morgan fingerprint density at radius 2 is 1.69 bits per heavy atom. The summed E-state index contributed by atoms with van der Waals surface area (Å²) in [4.78, 5) is 17.6. The molecule has 0 saturated carbocycles. The van der Waals surface area contributed by atoms with Crippen molar-refractivity contribution in [1.82, 2.24) is 14.1 Å². The summed E-state index contributed by atoms with van der Waals surface area (Å²) in [7, 11) is -3.43. The zero-order chi connectivity index (χ0) is 20.9. The molecule has 2 aliphatic rings. The number of likely N-dealkylation sites (tertiary alicyclic amines) is 2. The summed E-state index contributed by atoms with van der Waals surface area (Å²) in [6.07, 6.45) is 5.98. The van der Waals surface area contributed by atoms with Crippen LogP contribution in [0.3, 0.4) is 0 Å². The van der Waals surface area contributed by atoms with Crippen LogP contribution in [0.1, 0.15) is 51.5 Å². The van der Waals surface area contributed by atoms with E-state index in [0.29, 0.717) is 36.9 Å². The molecule has 2 fully saturated rings. The van der Waals surface area contributed by atoms with Crippen LogP contribution in [0.2, 0.25) is 0 Å². The molecule has 3 rings (SSSR count). The minimum Gasteiger partial charge on any atom is -0.341 e. The van der Waals surface area contributed by atoms with Gasteiger partial charge in [0, 0.05) is 38.6 Å². The Hall–Kier alpha value is -1.44. The zero-order valence-corrected chi connectivity index (χ0v) is 18.7. The van der Waals surface area contributed by atoms with Crippen LogP contribution in [0.25, 0.3) is 0 Å². The maximum atomic E-state index is 12.7. The van der Waals surface area contributed by atoms with E-state index in [1.165, 1.54) is 36.7 Å². The topological polar surface area (TPSA) is 60.9 Å². The summed E-state index contributed by atoms with van der Waals surface area (Å²) in [6.45, 7) is 8.69. The predicted octanol–water partition coefficient (Wildman–Crippen LogP) is 2.74. The third kappa shape index (κ3) is 5.38. The number of amides is 1. The van der Waals surface area contributed by atoms with E-state index in [0.717, 1.165) is 25.1 Å². The van der Waals surface area contributed by atoms with Gasteiger partial charge in [-0.05, 0) is 62.9 Å². The first kappa shape index (κ1) is 22.2. The van der Waals surface area contributed by atoms with Crippen LogP contribution < -0.4 is 0 Å². The summed E-state index contributed by atoms with van der Waals surface area (Å²) < 4.78 is 26.6. The van der Waals surface area contributed by atoms with Gasteiger partial charge in [0.05, 0.1) is 4.90 Å². The molecular weight excluding hydrogens is 386 g/mol. The molecule has 1 aromatic carbocycles. The smallest absolute Gasteiger partial charge is 0.243 e. The summed E-state index contributed by atoms with van der Waals surface area (Å²) in [5.74, 6) is 0.216. The van der Waals surface area contributed by atoms with Gasteiger partial charge >= 0.3 is 0 Å². The van der Waals surface area contributed by atoms with Gasteiger partial charge in [-0.25, -0.2) is 8.42 Å². The number of aryl methyl sites for hydroxylation is 1. The Labute approximate surface area is 175 Å². The quantitative estimate of drug-likeness (QED) is 0.648. The van der Waals surface area contributed by atoms with Crippen molar-refractivity contribution in [1.29, 1.82) is 0 Å². The van der Waals surface area contributed by atoms with Crippen molar-refractivity contribution in [3.8, 4) is 0 Å². The number of rotatable bonds is 8. The van der Waals surface area contributed by atoms with Gasteiger partial charge in [-0.15, -0.1) is 0 Å². The Morgan fingerprint density at radius 1 is 1.03 bits per heavy atom. The lowest BCUT2D eigenvalue weighted by Crippen LogP contribution is -2.49. The molecule has 1 atom stereocenters. The highest BCUT2D eigenvalue weighted by atomic mass is 32.2. The molecule has 7 heteroatoms. The van der Waals surface area contributed by atoms with Crippen molar-refractivity contribution in [3.05, 3.63) is 29.8 Å². The van der Waals surface area contributed by atoms with Crippen LogP contribution in [0.4, 0.5) is 0 Å². The van der Waals surface area contributed by atoms with Crippen LogP contribution >= 0.6 is 0 Å². The van der Waals surface area contributed by atoms with Crippen LogP contribution in [0.5, 0.6) is 0 Å². The van der Waals surface area contributed by atoms with Crippen LogP contribution in [0.15, 0.2) is 29.2 Å². The Bertz CT molecular complexity index is 769. The first-order valence-electron chi connectivity index (χ1n) is 11.1. The SMILES string of the molecule is CCN(CC)S(=O)(=O)c1ccc(CCC(=O)N2CCCC(N3CCCC3)C2)cc1. The van der Waals surface area contributed by atoms with E-state index < -0.39 is 10.0 Å². The van der Waals surface area contributed by atoms with Gasteiger partial charge in [-0.1, -0.05) is 26.0 Å². The molecule has 162 valence electrons. The van der Waals surface area contributed by atoms with Gasteiger partial charge in [0.15, 0.2) is 0 Å². The fraction of sp³-hybridized carbons (Fsp3) is 0.682. The summed E-state index contributed by atoms with van der Waals surface area (Å²) in [5.41, 5.74) is 1.00. The molecule has 1 aromatic rings. The van der Waals surface area contributed by atoms with E-state index in [2.05, 4.69) is 4.90 Å². The highest BCUT2D eigenvalue weighted by Crippen LogP contribution is 2.22. The van der Waals surface area contributed by atoms with Crippen LogP contribution in [0, 0.1) is 0 Å². The standard InChI is InChI=1S/C22H35N3O3S/c1-3-25(4-2)29(27,28)21-12-9-19(10-13-21)11-14-22(26)24-17-7-8-20(18-24)23-15-5-6-16-23/h9-10,12-13,20H,3-8,11,14-18H2,1-2H3. The number of hydrogen-bond donors (Lipinski definition) is 0. The maximum Gasteiger partial charge on any atom is 0.243 e. The number of carbonyl (C=O) groups is 1. The van der Waals surface area contributed by atoms with Crippen molar-refractivity contribution in [2.75, 3.05) is 39.3 Å². The second kappa shape index (κ2) is 10.0. The highest BCUT2D eigenvalue weighted by molar-refractivity contribution is 7.89. The fourth-order valence-corrected chi connectivity index (χ4v) is 5.99.